The SMILES string of the molecule is COc1ccc(S(=O)(=O)N(CCC(=O)O)C(C)C)cc1. The second kappa shape index (κ2) is 6.71. The van der Waals surface area contributed by atoms with E-state index < -0.39 is 16.0 Å². The van der Waals surface area contributed by atoms with Gasteiger partial charge in [0.2, 0.25) is 10.0 Å². The van der Waals surface area contributed by atoms with Crippen LogP contribution in [0.1, 0.15) is 20.3 Å². The van der Waals surface area contributed by atoms with Gasteiger partial charge in [-0.05, 0) is 38.1 Å². The summed E-state index contributed by atoms with van der Waals surface area (Å²) in [6.07, 6.45) is -0.229. The molecule has 112 valence electrons. The number of ether oxygens (including phenoxy) is 1. The van der Waals surface area contributed by atoms with Crippen molar-refractivity contribution in [2.24, 2.45) is 0 Å². The van der Waals surface area contributed by atoms with Gasteiger partial charge in [0, 0.05) is 12.6 Å². The van der Waals surface area contributed by atoms with Crippen LogP contribution in [0.5, 0.6) is 5.75 Å². The van der Waals surface area contributed by atoms with Crippen molar-refractivity contribution in [3.63, 3.8) is 0 Å². The van der Waals surface area contributed by atoms with Gasteiger partial charge in [0.05, 0.1) is 18.4 Å². The fourth-order valence-electron chi connectivity index (χ4n) is 1.74. The van der Waals surface area contributed by atoms with E-state index in [2.05, 4.69) is 0 Å². The average molecular weight is 301 g/mol. The molecule has 0 fully saturated rings. The first-order valence-corrected chi connectivity index (χ1v) is 7.60. The zero-order valence-electron chi connectivity index (χ0n) is 11.7. The summed E-state index contributed by atoms with van der Waals surface area (Å²) < 4.78 is 31.1. The van der Waals surface area contributed by atoms with Crippen molar-refractivity contribution < 1.29 is 23.1 Å². The number of carbonyl (C=O) groups is 1. The van der Waals surface area contributed by atoms with E-state index in [-0.39, 0.29) is 23.9 Å². The molecule has 1 aromatic carbocycles. The Kier molecular flexibility index (Phi) is 5.52. The number of methoxy groups -OCH3 is 1. The minimum absolute atomic E-state index is 0.0542. The highest BCUT2D eigenvalue weighted by Crippen LogP contribution is 2.21. The molecular formula is C13H19NO5S. The number of rotatable bonds is 7. The van der Waals surface area contributed by atoms with Crippen molar-refractivity contribution in [3.05, 3.63) is 24.3 Å². The molecule has 1 rings (SSSR count). The molecule has 1 aromatic rings. The lowest BCUT2D eigenvalue weighted by Crippen LogP contribution is -2.38. The fraction of sp³-hybridized carbons (Fsp3) is 0.462. The molecule has 0 saturated heterocycles. The molecule has 0 bridgehead atoms. The third kappa shape index (κ3) is 3.94. The lowest BCUT2D eigenvalue weighted by atomic mass is 10.3. The van der Waals surface area contributed by atoms with Crippen molar-refractivity contribution in [2.75, 3.05) is 13.7 Å². The Bertz CT molecular complexity index is 551. The van der Waals surface area contributed by atoms with E-state index in [1.165, 1.54) is 23.5 Å². The molecule has 0 aliphatic heterocycles. The number of hydrogen-bond acceptors (Lipinski definition) is 4. The summed E-state index contributed by atoms with van der Waals surface area (Å²) >= 11 is 0. The van der Waals surface area contributed by atoms with Crippen LogP contribution in [0.15, 0.2) is 29.2 Å². The summed E-state index contributed by atoms with van der Waals surface area (Å²) in [4.78, 5) is 10.8. The van der Waals surface area contributed by atoms with Crippen LogP contribution < -0.4 is 4.74 Å². The molecule has 7 heteroatoms. The summed E-state index contributed by atoms with van der Waals surface area (Å²) in [5.41, 5.74) is 0. The zero-order chi connectivity index (χ0) is 15.3. The maximum atomic E-state index is 12.5. The Morgan fingerprint density at radius 3 is 2.25 bits per heavy atom. The molecule has 0 aliphatic rings. The maximum absolute atomic E-state index is 12.5. The van der Waals surface area contributed by atoms with Gasteiger partial charge < -0.3 is 9.84 Å². The number of sulfonamides is 1. The molecule has 20 heavy (non-hydrogen) atoms. The van der Waals surface area contributed by atoms with Crippen molar-refractivity contribution in [3.8, 4) is 5.75 Å². The number of aliphatic carboxylic acids is 1. The molecule has 0 aromatic heterocycles. The summed E-state index contributed by atoms with van der Waals surface area (Å²) in [6.45, 7) is 3.37. The van der Waals surface area contributed by atoms with E-state index >= 15 is 0 Å². The number of hydrogen-bond donors (Lipinski definition) is 1. The van der Waals surface area contributed by atoms with E-state index in [1.54, 1.807) is 26.0 Å². The normalized spacial score (nSPS) is 11.8. The summed E-state index contributed by atoms with van der Waals surface area (Å²) in [7, 11) is -2.21. The second-order valence-corrected chi connectivity index (χ2v) is 6.42. The van der Waals surface area contributed by atoms with E-state index in [4.69, 9.17) is 9.84 Å². The number of carboxylic acids is 1. The summed E-state index contributed by atoms with van der Waals surface area (Å²) in [5, 5.41) is 8.71. The first kappa shape index (κ1) is 16.5. The van der Waals surface area contributed by atoms with Crippen molar-refractivity contribution in [1.82, 2.24) is 4.31 Å². The van der Waals surface area contributed by atoms with Gasteiger partial charge in [-0.3, -0.25) is 4.79 Å². The number of benzene rings is 1. The molecule has 0 unspecified atom stereocenters. The topological polar surface area (TPSA) is 83.9 Å². The highest BCUT2D eigenvalue weighted by atomic mass is 32.2. The summed E-state index contributed by atoms with van der Waals surface area (Å²) in [5.74, 6) is -0.467. The Hall–Kier alpha value is -1.60. The third-order valence-corrected chi connectivity index (χ3v) is 4.88. The van der Waals surface area contributed by atoms with Crippen molar-refractivity contribution >= 4 is 16.0 Å². The molecule has 6 nitrogen and oxygen atoms in total. The van der Waals surface area contributed by atoms with Gasteiger partial charge in [-0.1, -0.05) is 0 Å². The van der Waals surface area contributed by atoms with Crippen LogP contribution in [0, 0.1) is 0 Å². The van der Waals surface area contributed by atoms with Gasteiger partial charge in [0.1, 0.15) is 5.75 Å². The van der Waals surface area contributed by atoms with Gasteiger partial charge in [-0.15, -0.1) is 0 Å². The number of nitrogens with zero attached hydrogens (tertiary/aromatic N) is 1. The standard InChI is InChI=1S/C13H19NO5S/c1-10(2)14(9-8-13(15)16)20(17,18)12-6-4-11(19-3)5-7-12/h4-7,10H,8-9H2,1-3H3,(H,15,16). The van der Waals surface area contributed by atoms with Crippen LogP contribution in [0.25, 0.3) is 0 Å². The van der Waals surface area contributed by atoms with Crippen LogP contribution in [0.2, 0.25) is 0 Å². The molecule has 0 heterocycles. The van der Waals surface area contributed by atoms with Crippen LogP contribution in [0.3, 0.4) is 0 Å². The highest BCUT2D eigenvalue weighted by molar-refractivity contribution is 7.89. The van der Waals surface area contributed by atoms with Crippen LogP contribution in [-0.2, 0) is 14.8 Å². The fourth-order valence-corrected chi connectivity index (χ4v) is 3.38. The molecule has 1 N–H and O–H groups in total. The molecule has 0 atom stereocenters. The van der Waals surface area contributed by atoms with Crippen molar-refractivity contribution in [2.45, 2.75) is 31.2 Å². The highest BCUT2D eigenvalue weighted by Gasteiger charge is 2.27. The lowest BCUT2D eigenvalue weighted by Gasteiger charge is -2.25. The third-order valence-electron chi connectivity index (χ3n) is 2.79. The van der Waals surface area contributed by atoms with Gasteiger partial charge in [0.25, 0.3) is 0 Å². The molecule has 0 amide bonds. The molecule has 0 spiro atoms. The Morgan fingerprint density at radius 1 is 1.30 bits per heavy atom. The van der Waals surface area contributed by atoms with Crippen LogP contribution in [0.4, 0.5) is 0 Å². The smallest absolute Gasteiger partial charge is 0.304 e. The van der Waals surface area contributed by atoms with Crippen LogP contribution >= 0.6 is 0 Å². The summed E-state index contributed by atoms with van der Waals surface area (Å²) in [6, 6.07) is 5.70. The van der Waals surface area contributed by atoms with Crippen molar-refractivity contribution in [1.29, 1.82) is 0 Å². The first-order chi connectivity index (χ1) is 9.28. The van der Waals surface area contributed by atoms with E-state index in [1.807, 2.05) is 0 Å². The zero-order valence-corrected chi connectivity index (χ0v) is 12.6. The second-order valence-electron chi connectivity index (χ2n) is 4.53. The largest absolute Gasteiger partial charge is 0.497 e. The van der Waals surface area contributed by atoms with Gasteiger partial charge in [-0.25, -0.2) is 8.42 Å². The minimum Gasteiger partial charge on any atom is -0.497 e. The van der Waals surface area contributed by atoms with Gasteiger partial charge in [0.15, 0.2) is 0 Å². The van der Waals surface area contributed by atoms with Gasteiger partial charge in [-0.2, -0.15) is 4.31 Å². The van der Waals surface area contributed by atoms with E-state index in [9.17, 15) is 13.2 Å². The molecule has 0 saturated carbocycles. The predicted molar refractivity (Wildman–Crippen MR) is 74.3 cm³/mol. The minimum atomic E-state index is -3.71. The van der Waals surface area contributed by atoms with Gasteiger partial charge >= 0.3 is 5.97 Å². The number of carboxylic acid groups (broad SMARTS) is 1. The first-order valence-electron chi connectivity index (χ1n) is 6.16. The molecular weight excluding hydrogens is 282 g/mol. The lowest BCUT2D eigenvalue weighted by molar-refractivity contribution is -0.137. The predicted octanol–water partition coefficient (Wildman–Crippen LogP) is 1.57. The molecule has 0 radical (unpaired) electrons. The molecule has 0 aliphatic carbocycles. The Morgan fingerprint density at radius 2 is 1.85 bits per heavy atom. The Balaban J connectivity index is 3.05. The maximum Gasteiger partial charge on any atom is 0.304 e. The average Bonchev–Trinajstić information content (AvgIpc) is 2.38. The monoisotopic (exact) mass is 301 g/mol. The Labute approximate surface area is 119 Å². The quantitative estimate of drug-likeness (QED) is 0.826. The van der Waals surface area contributed by atoms with E-state index in [0.29, 0.717) is 5.75 Å². The van der Waals surface area contributed by atoms with E-state index in [0.717, 1.165) is 0 Å². The van der Waals surface area contributed by atoms with Crippen LogP contribution in [-0.4, -0.2) is 43.5 Å².